The fourth-order valence-corrected chi connectivity index (χ4v) is 5.46. The number of carboxylic acids is 1. The largest absolute Gasteiger partial charge is 0.487 e. The van der Waals surface area contributed by atoms with Gasteiger partial charge in [0.15, 0.2) is 24.8 Å². The van der Waals surface area contributed by atoms with Gasteiger partial charge in [-0.25, -0.2) is 9.48 Å². The number of aromatic nitrogens is 3. The maximum atomic E-state index is 13.0. The summed E-state index contributed by atoms with van der Waals surface area (Å²) >= 11 is 0. The summed E-state index contributed by atoms with van der Waals surface area (Å²) in [5, 5.41) is 62.3. The summed E-state index contributed by atoms with van der Waals surface area (Å²) in [5.41, 5.74) is 7.02. The zero-order chi connectivity index (χ0) is 39.7. The van der Waals surface area contributed by atoms with Gasteiger partial charge in [0.2, 0.25) is 0 Å². The highest BCUT2D eigenvalue weighted by atomic mass is 16.7. The van der Waals surface area contributed by atoms with Gasteiger partial charge < -0.3 is 84.0 Å². The van der Waals surface area contributed by atoms with Gasteiger partial charge in [-0.1, -0.05) is 5.21 Å². The number of nitrogens with zero attached hydrogens (tertiary/aromatic N) is 3. The minimum atomic E-state index is -1.86. The first-order valence-electron chi connectivity index (χ1n) is 17.5. The van der Waals surface area contributed by atoms with Gasteiger partial charge in [0.05, 0.1) is 65.6 Å². The lowest BCUT2D eigenvalue weighted by atomic mass is 9.96. The molecule has 0 spiro atoms. The van der Waals surface area contributed by atoms with E-state index < -0.39 is 73.3 Å². The molecule has 22 nitrogen and oxygen atoms in total. The molecule has 10 atom stereocenters. The molecule has 0 bridgehead atoms. The molecule has 8 N–H and O–H groups in total. The van der Waals surface area contributed by atoms with E-state index in [1.54, 1.807) is 35.1 Å². The summed E-state index contributed by atoms with van der Waals surface area (Å²) in [4.78, 5) is 24.8. The van der Waals surface area contributed by atoms with Crippen LogP contribution in [0.25, 0.3) is 0 Å². The second-order valence-electron chi connectivity index (χ2n) is 12.3. The molecule has 0 saturated carbocycles. The van der Waals surface area contributed by atoms with Crippen LogP contribution in [0.4, 0.5) is 5.69 Å². The van der Waals surface area contributed by atoms with Gasteiger partial charge in [-0.3, -0.25) is 4.79 Å². The number of anilines is 1. The third-order valence-electron chi connectivity index (χ3n) is 8.37. The van der Waals surface area contributed by atoms with Crippen molar-refractivity contribution in [1.29, 1.82) is 0 Å². The number of carboxylic acid groups (broad SMARTS) is 1. The van der Waals surface area contributed by atoms with Crippen molar-refractivity contribution in [2.75, 3.05) is 79.4 Å². The standard InChI is InChI=1S/C33H51N5O17/c1-46-26-22(39)25(42)33(53-27-23(40)24(41)32(47-2)55-29(27)31(44)45)54-28(26)30(43)35-7-9-48-11-13-50-15-16-51-14-12-49-10-8-38-17-20(36-37-38)18-52-21-5-3-19(34)4-6-21/h3-6,17,22-29,32-33,39-42H,7-16,18,34H2,1-2H3,(H,35,43)(H,44,45). The third kappa shape index (κ3) is 13.2. The third-order valence-corrected chi connectivity index (χ3v) is 8.37. The number of hydrogen-bond donors (Lipinski definition) is 7. The van der Waals surface area contributed by atoms with Gasteiger partial charge in [-0.15, -0.1) is 5.10 Å². The van der Waals surface area contributed by atoms with Crippen molar-refractivity contribution in [3.05, 3.63) is 36.2 Å². The minimum absolute atomic E-state index is 0.0281. The Hall–Kier alpha value is -3.62. The Morgan fingerprint density at radius 3 is 1.98 bits per heavy atom. The summed E-state index contributed by atoms with van der Waals surface area (Å²) in [6.45, 7) is 3.31. The number of nitrogens with two attached hydrogens (primary N) is 1. The van der Waals surface area contributed by atoms with Crippen LogP contribution in [0, 0.1) is 0 Å². The molecule has 4 rings (SSSR count). The van der Waals surface area contributed by atoms with Crippen molar-refractivity contribution in [1.82, 2.24) is 20.3 Å². The number of aliphatic carboxylic acids is 1. The molecular weight excluding hydrogens is 738 g/mol. The molecule has 55 heavy (non-hydrogen) atoms. The topological polar surface area (TPSA) is 296 Å². The Labute approximate surface area is 316 Å². The number of carbonyl (C=O) groups excluding carboxylic acids is 1. The van der Waals surface area contributed by atoms with Crippen molar-refractivity contribution in [2.45, 2.75) is 74.6 Å². The number of ether oxygens (including phenoxy) is 10. The number of benzene rings is 1. The first kappa shape index (κ1) is 44.1. The zero-order valence-corrected chi connectivity index (χ0v) is 30.5. The first-order chi connectivity index (χ1) is 26.5. The average Bonchev–Trinajstić information content (AvgIpc) is 3.63. The predicted molar refractivity (Wildman–Crippen MR) is 183 cm³/mol. The smallest absolute Gasteiger partial charge is 0.335 e. The highest BCUT2D eigenvalue weighted by Crippen LogP contribution is 2.30. The molecule has 10 unspecified atom stereocenters. The van der Waals surface area contributed by atoms with Crippen LogP contribution in [0.5, 0.6) is 5.75 Å². The van der Waals surface area contributed by atoms with E-state index in [1.165, 1.54) is 7.11 Å². The van der Waals surface area contributed by atoms with Crippen molar-refractivity contribution in [2.24, 2.45) is 0 Å². The van der Waals surface area contributed by atoms with Crippen molar-refractivity contribution < 1.29 is 82.5 Å². The van der Waals surface area contributed by atoms with Crippen LogP contribution in [0.3, 0.4) is 0 Å². The van der Waals surface area contributed by atoms with Crippen molar-refractivity contribution in [3.8, 4) is 5.75 Å². The Balaban J connectivity index is 1.02. The number of amides is 1. The van der Waals surface area contributed by atoms with Crippen LogP contribution in [0.15, 0.2) is 30.5 Å². The van der Waals surface area contributed by atoms with Gasteiger partial charge in [0, 0.05) is 26.5 Å². The minimum Gasteiger partial charge on any atom is -0.487 e. The zero-order valence-electron chi connectivity index (χ0n) is 30.5. The van der Waals surface area contributed by atoms with Crippen LogP contribution >= 0.6 is 0 Å². The predicted octanol–water partition coefficient (Wildman–Crippen LogP) is -3.35. The fourth-order valence-electron chi connectivity index (χ4n) is 5.46. The van der Waals surface area contributed by atoms with Gasteiger partial charge in [0.1, 0.15) is 54.7 Å². The molecule has 310 valence electrons. The molecule has 1 amide bonds. The number of methoxy groups -OCH3 is 2. The number of rotatable bonds is 24. The van der Waals surface area contributed by atoms with Crippen LogP contribution in [-0.2, 0) is 65.4 Å². The summed E-state index contributed by atoms with van der Waals surface area (Å²) in [7, 11) is 2.33. The second kappa shape index (κ2) is 22.8. The number of aliphatic hydroxyl groups excluding tert-OH is 4. The first-order valence-corrected chi connectivity index (χ1v) is 17.5. The number of hydrogen-bond acceptors (Lipinski definition) is 19. The molecule has 0 radical (unpaired) electrons. The SMILES string of the molecule is COC1OC(C(=O)O)C(OC2OC(C(=O)NCCOCCOCCOCCOCCn3cc(COc4ccc(N)cc4)nn3)C(OC)C(O)C2O)C(O)C1O. The monoisotopic (exact) mass is 789 g/mol. The lowest BCUT2D eigenvalue weighted by molar-refractivity contribution is -0.348. The van der Waals surface area contributed by atoms with Gasteiger partial charge >= 0.3 is 5.97 Å². The lowest BCUT2D eigenvalue weighted by Crippen LogP contribution is -2.66. The number of nitrogen functional groups attached to an aromatic ring is 1. The van der Waals surface area contributed by atoms with E-state index in [0.717, 1.165) is 7.11 Å². The molecule has 2 aromatic rings. The molecule has 0 aliphatic carbocycles. The molecule has 1 aromatic carbocycles. The number of aliphatic hydroxyl groups is 4. The normalized spacial score (nSPS) is 28.2. The molecular formula is C33H51N5O17. The lowest BCUT2D eigenvalue weighted by Gasteiger charge is -2.45. The van der Waals surface area contributed by atoms with Gasteiger partial charge in [0.25, 0.3) is 5.91 Å². The Kier molecular flexibility index (Phi) is 18.3. The molecule has 2 saturated heterocycles. The van der Waals surface area contributed by atoms with Crippen LogP contribution in [0.1, 0.15) is 5.69 Å². The van der Waals surface area contributed by atoms with Gasteiger partial charge in [-0.05, 0) is 24.3 Å². The summed E-state index contributed by atoms with van der Waals surface area (Å²) in [6, 6.07) is 7.09. The fraction of sp³-hybridized carbons (Fsp3) is 0.697. The van der Waals surface area contributed by atoms with Crippen molar-refractivity contribution >= 4 is 17.6 Å². The van der Waals surface area contributed by atoms with Crippen LogP contribution in [-0.4, -0.2) is 187 Å². The number of nitrogens with one attached hydrogen (secondary N) is 1. The summed E-state index contributed by atoms with van der Waals surface area (Å²) < 4.78 is 55.6. The van der Waals surface area contributed by atoms with E-state index >= 15 is 0 Å². The Morgan fingerprint density at radius 2 is 1.36 bits per heavy atom. The van der Waals surface area contributed by atoms with E-state index in [9.17, 15) is 35.1 Å². The van der Waals surface area contributed by atoms with Crippen molar-refractivity contribution in [3.63, 3.8) is 0 Å². The van der Waals surface area contributed by atoms with E-state index in [-0.39, 0.29) is 33.0 Å². The van der Waals surface area contributed by atoms with Gasteiger partial charge in [-0.2, -0.15) is 0 Å². The second-order valence-corrected chi connectivity index (χ2v) is 12.3. The average molecular weight is 790 g/mol. The molecule has 22 heteroatoms. The van der Waals surface area contributed by atoms with E-state index in [2.05, 4.69) is 15.6 Å². The Bertz CT molecular complexity index is 1420. The quantitative estimate of drug-likeness (QED) is 0.0404. The molecule has 2 aliphatic rings. The molecule has 2 fully saturated rings. The van der Waals surface area contributed by atoms with E-state index in [0.29, 0.717) is 56.7 Å². The summed E-state index contributed by atoms with van der Waals surface area (Å²) in [5.74, 6) is -1.64. The summed E-state index contributed by atoms with van der Waals surface area (Å²) in [6.07, 6.45) is -15.2. The highest BCUT2D eigenvalue weighted by Gasteiger charge is 2.54. The van der Waals surface area contributed by atoms with Crippen LogP contribution < -0.4 is 15.8 Å². The maximum absolute atomic E-state index is 13.0. The van der Waals surface area contributed by atoms with Crippen LogP contribution in [0.2, 0.25) is 0 Å². The maximum Gasteiger partial charge on any atom is 0.335 e. The highest BCUT2D eigenvalue weighted by molar-refractivity contribution is 5.81. The molecule has 3 heterocycles. The van der Waals surface area contributed by atoms with E-state index in [4.69, 9.17) is 53.1 Å². The molecule has 2 aliphatic heterocycles. The Morgan fingerprint density at radius 1 is 0.782 bits per heavy atom. The molecule has 1 aromatic heterocycles. The van der Waals surface area contributed by atoms with E-state index in [1.807, 2.05) is 0 Å². The number of carbonyl (C=O) groups is 2.